The van der Waals surface area contributed by atoms with Gasteiger partial charge in [0.05, 0.1) is 0 Å². The van der Waals surface area contributed by atoms with Crippen LogP contribution in [0.3, 0.4) is 0 Å². The molecule has 1 aromatic heterocycles. The van der Waals surface area contributed by atoms with Gasteiger partial charge in [-0.3, -0.25) is 0 Å². The molecule has 108 valence electrons. The van der Waals surface area contributed by atoms with Gasteiger partial charge in [0.2, 0.25) is 0 Å². The summed E-state index contributed by atoms with van der Waals surface area (Å²) in [4.78, 5) is 2.61. The molecule has 0 N–H and O–H groups in total. The molecule has 0 aliphatic carbocycles. The van der Waals surface area contributed by atoms with Gasteiger partial charge < -0.3 is 9.47 Å². The van der Waals surface area contributed by atoms with Crippen molar-refractivity contribution in [2.45, 2.75) is 25.8 Å². The lowest BCUT2D eigenvalue weighted by Crippen LogP contribution is -2.27. The third-order valence-electron chi connectivity index (χ3n) is 4.78. The van der Waals surface area contributed by atoms with Gasteiger partial charge in [-0.05, 0) is 45.0 Å². The lowest BCUT2D eigenvalue weighted by Gasteiger charge is -2.23. The van der Waals surface area contributed by atoms with Crippen LogP contribution in [0.15, 0.2) is 48.5 Å². The van der Waals surface area contributed by atoms with E-state index in [1.165, 1.54) is 47.7 Å². The minimum absolute atomic E-state index is 0.507. The van der Waals surface area contributed by atoms with Crippen LogP contribution in [0.5, 0.6) is 0 Å². The number of benzene rings is 2. The maximum absolute atomic E-state index is 2.61. The van der Waals surface area contributed by atoms with Gasteiger partial charge in [0.15, 0.2) is 0 Å². The molecular formula is C19H22N2. The van der Waals surface area contributed by atoms with Crippen molar-refractivity contribution < 1.29 is 0 Å². The van der Waals surface area contributed by atoms with Crippen molar-refractivity contribution in [2.75, 3.05) is 19.6 Å². The predicted molar refractivity (Wildman–Crippen MR) is 89.8 cm³/mol. The van der Waals surface area contributed by atoms with Crippen LogP contribution in [0, 0.1) is 0 Å². The fourth-order valence-electron chi connectivity index (χ4n) is 3.85. The van der Waals surface area contributed by atoms with Gasteiger partial charge >= 0.3 is 0 Å². The standard InChI is InChI=1S/C19H22N2/c1-15(14-20-12-6-7-13-20)21-18-10-4-2-8-16(18)17-9-3-5-11-19(17)21/h2-5,8-11,15H,6-7,12-14H2,1H3. The zero-order valence-corrected chi connectivity index (χ0v) is 12.6. The number of aromatic nitrogens is 1. The maximum atomic E-state index is 2.61. The second-order valence-corrected chi connectivity index (χ2v) is 6.26. The molecule has 0 bridgehead atoms. The zero-order chi connectivity index (χ0) is 14.2. The summed E-state index contributed by atoms with van der Waals surface area (Å²) in [5, 5.41) is 2.75. The first kappa shape index (κ1) is 12.9. The van der Waals surface area contributed by atoms with E-state index in [9.17, 15) is 0 Å². The Morgan fingerprint density at radius 1 is 0.857 bits per heavy atom. The lowest BCUT2D eigenvalue weighted by molar-refractivity contribution is 0.293. The van der Waals surface area contributed by atoms with Gasteiger partial charge in [0.1, 0.15) is 0 Å². The van der Waals surface area contributed by atoms with Crippen molar-refractivity contribution in [3.05, 3.63) is 48.5 Å². The monoisotopic (exact) mass is 278 g/mol. The molecule has 2 nitrogen and oxygen atoms in total. The molecule has 21 heavy (non-hydrogen) atoms. The summed E-state index contributed by atoms with van der Waals surface area (Å²) in [7, 11) is 0. The molecule has 1 aliphatic rings. The minimum atomic E-state index is 0.507. The van der Waals surface area contributed by atoms with Crippen LogP contribution in [-0.2, 0) is 0 Å². The quantitative estimate of drug-likeness (QED) is 0.687. The Morgan fingerprint density at radius 3 is 1.95 bits per heavy atom. The number of rotatable bonds is 3. The first-order valence-electron chi connectivity index (χ1n) is 8.04. The fourth-order valence-corrected chi connectivity index (χ4v) is 3.85. The molecule has 4 rings (SSSR count). The molecular weight excluding hydrogens is 256 g/mol. The fraction of sp³-hybridized carbons (Fsp3) is 0.368. The highest BCUT2D eigenvalue weighted by molar-refractivity contribution is 6.08. The summed E-state index contributed by atoms with van der Waals surface area (Å²) in [6.45, 7) is 6.04. The molecule has 0 radical (unpaired) electrons. The SMILES string of the molecule is CC(CN1CCCC1)n1c2ccccc2c2ccccc21. The molecule has 1 aliphatic heterocycles. The zero-order valence-electron chi connectivity index (χ0n) is 12.6. The first-order valence-corrected chi connectivity index (χ1v) is 8.04. The summed E-state index contributed by atoms with van der Waals surface area (Å²) in [6.07, 6.45) is 2.72. The van der Waals surface area contributed by atoms with Crippen LogP contribution >= 0.6 is 0 Å². The smallest absolute Gasteiger partial charge is 0.0494 e. The Hall–Kier alpha value is -1.80. The molecule has 0 saturated carbocycles. The predicted octanol–water partition coefficient (Wildman–Crippen LogP) is 4.45. The van der Waals surface area contributed by atoms with Gasteiger partial charge in [-0.25, -0.2) is 0 Å². The van der Waals surface area contributed by atoms with E-state index in [1.807, 2.05) is 0 Å². The third-order valence-corrected chi connectivity index (χ3v) is 4.78. The Labute approximate surface area is 126 Å². The highest BCUT2D eigenvalue weighted by atomic mass is 15.2. The second-order valence-electron chi connectivity index (χ2n) is 6.26. The lowest BCUT2D eigenvalue weighted by atomic mass is 10.2. The normalized spacial score (nSPS) is 17.8. The Morgan fingerprint density at radius 2 is 1.38 bits per heavy atom. The van der Waals surface area contributed by atoms with Gasteiger partial charge in [-0.1, -0.05) is 36.4 Å². The molecule has 0 spiro atoms. The molecule has 3 aromatic rings. The summed E-state index contributed by atoms with van der Waals surface area (Å²) in [5.41, 5.74) is 2.73. The van der Waals surface area contributed by atoms with Crippen molar-refractivity contribution >= 4 is 21.8 Å². The van der Waals surface area contributed by atoms with Crippen LogP contribution in [0.1, 0.15) is 25.8 Å². The summed E-state index contributed by atoms with van der Waals surface area (Å²) >= 11 is 0. The van der Waals surface area contributed by atoms with Crippen LogP contribution in [0.25, 0.3) is 21.8 Å². The average Bonchev–Trinajstić information content (AvgIpc) is 3.12. The highest BCUT2D eigenvalue weighted by Gasteiger charge is 2.19. The number of para-hydroxylation sites is 2. The van der Waals surface area contributed by atoms with Crippen LogP contribution in [0.2, 0.25) is 0 Å². The molecule has 2 aromatic carbocycles. The molecule has 1 saturated heterocycles. The van der Waals surface area contributed by atoms with Gasteiger partial charge in [-0.15, -0.1) is 0 Å². The second kappa shape index (κ2) is 5.19. The molecule has 2 heteroatoms. The van der Waals surface area contributed by atoms with Crippen molar-refractivity contribution in [3.63, 3.8) is 0 Å². The van der Waals surface area contributed by atoms with E-state index in [0.29, 0.717) is 6.04 Å². The molecule has 2 heterocycles. The number of likely N-dealkylation sites (tertiary alicyclic amines) is 1. The van der Waals surface area contributed by atoms with Crippen LogP contribution in [-0.4, -0.2) is 29.1 Å². The van der Waals surface area contributed by atoms with E-state index in [4.69, 9.17) is 0 Å². The van der Waals surface area contributed by atoms with Gasteiger partial charge in [0.25, 0.3) is 0 Å². The summed E-state index contributed by atoms with van der Waals surface area (Å²) in [5.74, 6) is 0. The van der Waals surface area contributed by atoms with Crippen molar-refractivity contribution in [1.29, 1.82) is 0 Å². The van der Waals surface area contributed by atoms with Gasteiger partial charge in [-0.2, -0.15) is 0 Å². The van der Waals surface area contributed by atoms with Crippen molar-refractivity contribution in [3.8, 4) is 0 Å². The Kier molecular flexibility index (Phi) is 3.19. The summed E-state index contributed by atoms with van der Waals surface area (Å²) < 4.78 is 2.53. The van der Waals surface area contributed by atoms with E-state index in [1.54, 1.807) is 0 Å². The first-order chi connectivity index (χ1) is 10.3. The van der Waals surface area contributed by atoms with Crippen molar-refractivity contribution in [2.24, 2.45) is 0 Å². The third kappa shape index (κ3) is 2.14. The van der Waals surface area contributed by atoms with E-state index in [0.717, 1.165) is 6.54 Å². The largest absolute Gasteiger partial charge is 0.336 e. The number of fused-ring (bicyclic) bond motifs is 3. The topological polar surface area (TPSA) is 8.17 Å². The molecule has 1 unspecified atom stereocenters. The molecule has 1 atom stereocenters. The van der Waals surface area contributed by atoms with Gasteiger partial charge in [0, 0.05) is 34.4 Å². The average molecular weight is 278 g/mol. The maximum Gasteiger partial charge on any atom is 0.0494 e. The summed E-state index contributed by atoms with van der Waals surface area (Å²) in [6, 6.07) is 18.1. The van der Waals surface area contributed by atoms with E-state index < -0.39 is 0 Å². The van der Waals surface area contributed by atoms with Crippen LogP contribution in [0.4, 0.5) is 0 Å². The number of hydrogen-bond donors (Lipinski definition) is 0. The number of hydrogen-bond acceptors (Lipinski definition) is 1. The number of nitrogens with zero attached hydrogens (tertiary/aromatic N) is 2. The van der Waals surface area contributed by atoms with E-state index in [-0.39, 0.29) is 0 Å². The minimum Gasteiger partial charge on any atom is -0.336 e. The Bertz CT molecular complexity index is 712. The van der Waals surface area contributed by atoms with Crippen LogP contribution < -0.4 is 0 Å². The van der Waals surface area contributed by atoms with E-state index >= 15 is 0 Å². The highest BCUT2D eigenvalue weighted by Crippen LogP contribution is 2.32. The molecule has 1 fully saturated rings. The molecule has 0 amide bonds. The van der Waals surface area contributed by atoms with E-state index in [2.05, 4.69) is 64.9 Å². The Balaban J connectivity index is 1.84. The van der Waals surface area contributed by atoms with Crippen molar-refractivity contribution in [1.82, 2.24) is 9.47 Å².